The highest BCUT2D eigenvalue weighted by Gasteiger charge is 2.14. The van der Waals surface area contributed by atoms with Gasteiger partial charge in [0.2, 0.25) is 0 Å². The van der Waals surface area contributed by atoms with Crippen LogP contribution in [0.2, 0.25) is 0 Å². The second-order valence-electron chi connectivity index (χ2n) is 5.90. The maximum absolute atomic E-state index is 12.8. The Bertz CT molecular complexity index is 929. The van der Waals surface area contributed by atoms with Gasteiger partial charge in [-0.25, -0.2) is 4.98 Å². The van der Waals surface area contributed by atoms with Gasteiger partial charge < -0.3 is 19.3 Å². The molecule has 2 aromatic heterocycles. The molecule has 0 aliphatic heterocycles. The van der Waals surface area contributed by atoms with Crippen LogP contribution in [0.15, 0.2) is 58.2 Å². The maximum Gasteiger partial charge on any atom is 0.258 e. The second-order valence-corrected chi connectivity index (χ2v) is 6.86. The number of aryl methyl sites for hydroxylation is 1. The summed E-state index contributed by atoms with van der Waals surface area (Å²) < 4.78 is 15.6. The van der Waals surface area contributed by atoms with Gasteiger partial charge in [-0.05, 0) is 31.2 Å². The fraction of sp³-hybridized carbons (Fsp3) is 0.250. The molecule has 0 radical (unpaired) electrons. The fourth-order valence-corrected chi connectivity index (χ4v) is 3.28. The van der Waals surface area contributed by atoms with E-state index >= 15 is 0 Å². The van der Waals surface area contributed by atoms with Crippen molar-refractivity contribution in [3.05, 3.63) is 65.7 Å². The zero-order valence-electron chi connectivity index (χ0n) is 15.7. The maximum atomic E-state index is 12.8. The summed E-state index contributed by atoms with van der Waals surface area (Å²) in [6.07, 6.45) is 1.66. The molecule has 146 valence electrons. The number of amides is 1. The molecule has 0 saturated heterocycles. The first kappa shape index (κ1) is 19.9. The highest BCUT2D eigenvalue weighted by molar-refractivity contribution is 7.98. The number of pyridine rings is 1. The Kier molecular flexibility index (Phi) is 7.05. The first-order chi connectivity index (χ1) is 13.7. The number of nitrogens with one attached hydrogen (secondary N) is 1. The lowest BCUT2D eigenvalue weighted by molar-refractivity contribution is 0.102. The van der Waals surface area contributed by atoms with Crippen LogP contribution in [0.25, 0.3) is 0 Å². The van der Waals surface area contributed by atoms with Gasteiger partial charge in [0.1, 0.15) is 23.1 Å². The number of ether oxygens (including phenoxy) is 2. The lowest BCUT2D eigenvalue weighted by atomic mass is 10.2. The smallest absolute Gasteiger partial charge is 0.258 e. The SMILES string of the molecule is COCCOc1cccc(NC(=O)c2cccnc2SCc2cc(C)on2)c1. The first-order valence-electron chi connectivity index (χ1n) is 8.69. The second kappa shape index (κ2) is 9.91. The Morgan fingerprint density at radius 3 is 2.89 bits per heavy atom. The van der Waals surface area contributed by atoms with Crippen LogP contribution in [0.4, 0.5) is 5.69 Å². The Labute approximate surface area is 167 Å². The van der Waals surface area contributed by atoms with Crippen molar-refractivity contribution in [1.29, 1.82) is 0 Å². The van der Waals surface area contributed by atoms with E-state index in [1.165, 1.54) is 11.8 Å². The van der Waals surface area contributed by atoms with Crippen LogP contribution in [0, 0.1) is 6.92 Å². The topological polar surface area (TPSA) is 86.5 Å². The fourth-order valence-electron chi connectivity index (χ4n) is 2.41. The number of hydrogen-bond acceptors (Lipinski definition) is 7. The molecule has 28 heavy (non-hydrogen) atoms. The molecular formula is C20H21N3O4S. The summed E-state index contributed by atoms with van der Waals surface area (Å²) >= 11 is 1.44. The highest BCUT2D eigenvalue weighted by atomic mass is 32.2. The normalized spacial score (nSPS) is 10.6. The third kappa shape index (κ3) is 5.58. The third-order valence-electron chi connectivity index (χ3n) is 3.70. The number of carbonyl (C=O) groups is 1. The number of benzene rings is 1. The quantitative estimate of drug-likeness (QED) is 0.431. The minimum atomic E-state index is -0.235. The Morgan fingerprint density at radius 1 is 1.21 bits per heavy atom. The monoisotopic (exact) mass is 399 g/mol. The van der Waals surface area contributed by atoms with Crippen molar-refractivity contribution >= 4 is 23.4 Å². The van der Waals surface area contributed by atoms with E-state index < -0.39 is 0 Å². The standard InChI is InChI=1S/C20H21N3O4S/c1-14-11-16(23-27-14)13-28-20-18(7-4-8-21-20)19(24)22-15-5-3-6-17(12-15)26-10-9-25-2/h3-8,11-12H,9-10,13H2,1-2H3,(H,22,24). The predicted octanol–water partition coefficient (Wildman–Crippen LogP) is 3.95. The summed E-state index contributed by atoms with van der Waals surface area (Å²) in [7, 11) is 1.62. The average Bonchev–Trinajstić information content (AvgIpc) is 3.12. The molecule has 0 bridgehead atoms. The molecule has 1 aromatic carbocycles. The van der Waals surface area contributed by atoms with E-state index in [1.807, 2.05) is 31.2 Å². The molecule has 0 spiro atoms. The van der Waals surface area contributed by atoms with Crippen LogP contribution in [0.3, 0.4) is 0 Å². The van der Waals surface area contributed by atoms with E-state index in [4.69, 9.17) is 14.0 Å². The van der Waals surface area contributed by atoms with Gasteiger partial charge in [0.05, 0.1) is 17.9 Å². The summed E-state index contributed by atoms with van der Waals surface area (Å²) in [4.78, 5) is 17.1. The van der Waals surface area contributed by atoms with Gasteiger partial charge >= 0.3 is 0 Å². The summed E-state index contributed by atoms with van der Waals surface area (Å²) in [5.41, 5.74) is 1.95. The number of carbonyl (C=O) groups excluding carboxylic acids is 1. The number of nitrogens with zero attached hydrogens (tertiary/aromatic N) is 2. The van der Waals surface area contributed by atoms with Gasteiger partial charge in [-0.3, -0.25) is 4.79 Å². The van der Waals surface area contributed by atoms with Crippen molar-refractivity contribution in [3.63, 3.8) is 0 Å². The van der Waals surface area contributed by atoms with E-state index in [2.05, 4.69) is 15.5 Å². The zero-order chi connectivity index (χ0) is 19.8. The molecule has 3 rings (SSSR count). The van der Waals surface area contributed by atoms with Crippen LogP contribution in [-0.4, -0.2) is 36.4 Å². The molecule has 8 heteroatoms. The molecule has 2 heterocycles. The number of hydrogen-bond donors (Lipinski definition) is 1. The number of anilines is 1. The van der Waals surface area contributed by atoms with Gasteiger partial charge in [-0.1, -0.05) is 23.0 Å². The van der Waals surface area contributed by atoms with Gasteiger partial charge in [0, 0.05) is 36.9 Å². The molecule has 0 unspecified atom stereocenters. The zero-order valence-corrected chi connectivity index (χ0v) is 16.5. The van der Waals surface area contributed by atoms with Gasteiger partial charge in [0.25, 0.3) is 5.91 Å². The Morgan fingerprint density at radius 2 is 2.11 bits per heavy atom. The minimum Gasteiger partial charge on any atom is -0.491 e. The van der Waals surface area contributed by atoms with E-state index in [1.54, 1.807) is 31.5 Å². The molecule has 1 amide bonds. The van der Waals surface area contributed by atoms with E-state index in [0.29, 0.717) is 41.0 Å². The summed E-state index contributed by atoms with van der Waals surface area (Å²) in [5.74, 6) is 1.75. The summed E-state index contributed by atoms with van der Waals surface area (Å²) in [6.45, 7) is 2.78. The summed E-state index contributed by atoms with van der Waals surface area (Å²) in [6, 6.07) is 12.6. The molecule has 0 fully saturated rings. The van der Waals surface area contributed by atoms with Crippen LogP contribution < -0.4 is 10.1 Å². The minimum absolute atomic E-state index is 0.235. The van der Waals surface area contributed by atoms with Crippen molar-refractivity contribution in [1.82, 2.24) is 10.1 Å². The number of methoxy groups -OCH3 is 1. The Hall–Kier alpha value is -2.84. The van der Waals surface area contributed by atoms with Crippen LogP contribution in [0.1, 0.15) is 21.8 Å². The van der Waals surface area contributed by atoms with Crippen LogP contribution in [-0.2, 0) is 10.5 Å². The van der Waals surface area contributed by atoms with Crippen molar-refractivity contribution < 1.29 is 18.8 Å². The molecular weight excluding hydrogens is 378 g/mol. The van der Waals surface area contributed by atoms with Gasteiger partial charge in [0.15, 0.2) is 0 Å². The van der Waals surface area contributed by atoms with Gasteiger partial charge in [-0.15, -0.1) is 0 Å². The molecule has 7 nitrogen and oxygen atoms in total. The lowest BCUT2D eigenvalue weighted by Crippen LogP contribution is -2.14. The first-order valence-corrected chi connectivity index (χ1v) is 9.67. The van der Waals surface area contributed by atoms with Gasteiger partial charge in [-0.2, -0.15) is 0 Å². The van der Waals surface area contributed by atoms with Crippen molar-refractivity contribution in [2.24, 2.45) is 0 Å². The lowest BCUT2D eigenvalue weighted by Gasteiger charge is -2.10. The molecule has 1 N–H and O–H groups in total. The molecule has 0 saturated carbocycles. The summed E-state index contributed by atoms with van der Waals surface area (Å²) in [5, 5.41) is 7.49. The van der Waals surface area contributed by atoms with E-state index in [9.17, 15) is 4.79 Å². The highest BCUT2D eigenvalue weighted by Crippen LogP contribution is 2.25. The van der Waals surface area contributed by atoms with Crippen molar-refractivity contribution in [2.45, 2.75) is 17.7 Å². The molecule has 3 aromatic rings. The largest absolute Gasteiger partial charge is 0.491 e. The van der Waals surface area contributed by atoms with Crippen LogP contribution in [0.5, 0.6) is 5.75 Å². The van der Waals surface area contributed by atoms with Crippen molar-refractivity contribution in [2.75, 3.05) is 25.6 Å². The Balaban J connectivity index is 1.66. The van der Waals surface area contributed by atoms with Crippen molar-refractivity contribution in [3.8, 4) is 5.75 Å². The number of aromatic nitrogens is 2. The predicted molar refractivity (Wildman–Crippen MR) is 107 cm³/mol. The third-order valence-corrected chi connectivity index (χ3v) is 4.74. The molecule has 0 atom stereocenters. The van der Waals surface area contributed by atoms with Crippen LogP contribution >= 0.6 is 11.8 Å². The number of rotatable bonds is 9. The van der Waals surface area contributed by atoms with E-state index in [0.717, 1.165) is 11.5 Å². The molecule has 0 aliphatic rings. The average molecular weight is 399 g/mol. The van der Waals surface area contributed by atoms with E-state index in [-0.39, 0.29) is 5.91 Å². The molecule has 0 aliphatic carbocycles. The number of thioether (sulfide) groups is 1.